The van der Waals surface area contributed by atoms with Gasteiger partial charge >= 0.3 is 0 Å². The fourth-order valence-electron chi connectivity index (χ4n) is 4.95. The van der Waals surface area contributed by atoms with E-state index in [2.05, 4.69) is 29.1 Å². The maximum Gasteiger partial charge on any atom is 0.258 e. The molecule has 0 spiro atoms. The maximum atomic E-state index is 14.1. The van der Waals surface area contributed by atoms with Gasteiger partial charge in [-0.3, -0.25) is 9.48 Å². The predicted octanol–water partition coefficient (Wildman–Crippen LogP) is 3.79. The van der Waals surface area contributed by atoms with Crippen LogP contribution in [0.2, 0.25) is 0 Å². The zero-order chi connectivity index (χ0) is 23.5. The van der Waals surface area contributed by atoms with E-state index >= 15 is 0 Å². The van der Waals surface area contributed by atoms with E-state index in [-0.39, 0.29) is 11.9 Å². The number of rotatable bonds is 6. The van der Waals surface area contributed by atoms with Crippen molar-refractivity contribution in [2.75, 3.05) is 25.0 Å². The SMILES string of the molecule is CCc1cnc(NC[C@@H]2[C@H](C)CCCN2C(=O)c2c(-c3ccccc3)nn3c2COCC3)nc1. The van der Waals surface area contributed by atoms with Crippen molar-refractivity contribution in [1.29, 1.82) is 0 Å². The Balaban J connectivity index is 1.44. The zero-order valence-electron chi connectivity index (χ0n) is 19.9. The molecule has 0 radical (unpaired) electrons. The van der Waals surface area contributed by atoms with Gasteiger partial charge in [-0.1, -0.05) is 44.2 Å². The second-order valence-corrected chi connectivity index (χ2v) is 9.15. The highest BCUT2D eigenvalue weighted by atomic mass is 16.5. The van der Waals surface area contributed by atoms with Gasteiger partial charge in [0.25, 0.3) is 5.91 Å². The Hall–Kier alpha value is -3.26. The summed E-state index contributed by atoms with van der Waals surface area (Å²) >= 11 is 0. The van der Waals surface area contributed by atoms with Crippen LogP contribution >= 0.6 is 0 Å². The molecule has 1 fully saturated rings. The third-order valence-electron chi connectivity index (χ3n) is 6.96. The highest BCUT2D eigenvalue weighted by molar-refractivity contribution is 6.01. The number of benzene rings is 1. The van der Waals surface area contributed by atoms with Crippen LogP contribution in [0.5, 0.6) is 0 Å². The number of carbonyl (C=O) groups is 1. The molecule has 2 aliphatic rings. The molecule has 1 N–H and O–H groups in total. The first-order valence-corrected chi connectivity index (χ1v) is 12.2. The van der Waals surface area contributed by atoms with Crippen molar-refractivity contribution in [2.45, 2.75) is 52.3 Å². The Morgan fingerprint density at radius 3 is 2.74 bits per heavy atom. The summed E-state index contributed by atoms with van der Waals surface area (Å²) in [4.78, 5) is 25.0. The summed E-state index contributed by atoms with van der Waals surface area (Å²) in [5.74, 6) is 0.998. The molecule has 8 nitrogen and oxygen atoms in total. The fraction of sp³-hybridized carbons (Fsp3) is 0.462. The van der Waals surface area contributed by atoms with Crippen LogP contribution in [0.3, 0.4) is 0 Å². The summed E-state index contributed by atoms with van der Waals surface area (Å²) in [6.45, 7) is 7.33. The number of nitrogens with one attached hydrogen (secondary N) is 1. The lowest BCUT2D eigenvalue weighted by atomic mass is 9.89. The zero-order valence-corrected chi connectivity index (χ0v) is 19.9. The Morgan fingerprint density at radius 1 is 1.18 bits per heavy atom. The lowest BCUT2D eigenvalue weighted by molar-refractivity contribution is 0.0519. The van der Waals surface area contributed by atoms with E-state index in [0.29, 0.717) is 43.7 Å². The molecule has 3 aromatic rings. The molecule has 8 heteroatoms. The molecule has 1 amide bonds. The topological polar surface area (TPSA) is 85.2 Å². The monoisotopic (exact) mass is 460 g/mol. The minimum absolute atomic E-state index is 0.0335. The Labute approximate surface area is 200 Å². The highest BCUT2D eigenvalue weighted by Gasteiger charge is 2.36. The minimum atomic E-state index is 0.0335. The molecule has 4 heterocycles. The van der Waals surface area contributed by atoms with Crippen molar-refractivity contribution in [1.82, 2.24) is 24.6 Å². The minimum Gasteiger partial charge on any atom is -0.373 e. The Morgan fingerprint density at radius 2 is 1.97 bits per heavy atom. The third-order valence-corrected chi connectivity index (χ3v) is 6.96. The summed E-state index contributed by atoms with van der Waals surface area (Å²) in [6, 6.07) is 10.0. The van der Waals surface area contributed by atoms with Gasteiger partial charge < -0.3 is 15.0 Å². The summed E-state index contributed by atoms with van der Waals surface area (Å²) in [6.07, 6.45) is 6.70. The van der Waals surface area contributed by atoms with E-state index in [1.54, 1.807) is 0 Å². The predicted molar refractivity (Wildman–Crippen MR) is 130 cm³/mol. The van der Waals surface area contributed by atoms with Crippen molar-refractivity contribution >= 4 is 11.9 Å². The molecule has 1 aromatic carbocycles. The average molecular weight is 461 g/mol. The number of anilines is 1. The summed E-state index contributed by atoms with van der Waals surface area (Å²) in [5, 5.41) is 8.22. The van der Waals surface area contributed by atoms with Crippen LogP contribution < -0.4 is 5.32 Å². The molecule has 0 unspecified atom stereocenters. The van der Waals surface area contributed by atoms with E-state index in [1.165, 1.54) is 0 Å². The van der Waals surface area contributed by atoms with Crippen LogP contribution in [-0.2, 0) is 24.3 Å². The number of amides is 1. The number of piperidine rings is 1. The van der Waals surface area contributed by atoms with Gasteiger partial charge in [-0.25, -0.2) is 9.97 Å². The number of likely N-dealkylation sites (tertiary alicyclic amines) is 1. The number of hydrogen-bond donors (Lipinski definition) is 1. The van der Waals surface area contributed by atoms with Crippen LogP contribution in [0, 0.1) is 5.92 Å². The molecule has 2 atom stereocenters. The highest BCUT2D eigenvalue weighted by Crippen LogP contribution is 2.32. The van der Waals surface area contributed by atoms with Crippen molar-refractivity contribution in [3.05, 3.63) is 59.5 Å². The second-order valence-electron chi connectivity index (χ2n) is 9.15. The van der Waals surface area contributed by atoms with E-state index < -0.39 is 0 Å². The van der Waals surface area contributed by atoms with Crippen molar-refractivity contribution in [3.8, 4) is 11.3 Å². The number of aryl methyl sites for hydroxylation is 1. The van der Waals surface area contributed by atoms with Gasteiger partial charge in [0.1, 0.15) is 5.69 Å². The average Bonchev–Trinajstić information content (AvgIpc) is 3.28. The third kappa shape index (κ3) is 4.42. The van der Waals surface area contributed by atoms with Crippen molar-refractivity contribution < 1.29 is 9.53 Å². The molecule has 2 aliphatic heterocycles. The number of aromatic nitrogens is 4. The summed E-state index contributed by atoms with van der Waals surface area (Å²) in [7, 11) is 0. The first kappa shape index (κ1) is 22.5. The van der Waals surface area contributed by atoms with Crippen molar-refractivity contribution in [2.24, 2.45) is 5.92 Å². The van der Waals surface area contributed by atoms with Crippen LogP contribution in [0.25, 0.3) is 11.3 Å². The van der Waals surface area contributed by atoms with Crippen LogP contribution in [-0.4, -0.2) is 56.3 Å². The standard InChI is InChI=1S/C26H32N6O2/c1-3-19-14-27-26(28-15-19)29-16-21-18(2)8-7-11-31(21)25(33)23-22-17-34-13-12-32(22)30-24(23)20-9-5-4-6-10-20/h4-6,9-10,14-15,18,21H,3,7-8,11-13,16-17H2,1-2H3,(H,27,28,29)/t18-,21-/m1/s1. The first-order chi connectivity index (χ1) is 16.7. The van der Waals surface area contributed by atoms with Gasteiger partial charge in [0.2, 0.25) is 5.95 Å². The van der Waals surface area contributed by atoms with E-state index in [1.807, 2.05) is 52.3 Å². The molecule has 178 valence electrons. The van der Waals surface area contributed by atoms with Gasteiger partial charge in [-0.2, -0.15) is 5.10 Å². The normalized spacial score (nSPS) is 20.1. The van der Waals surface area contributed by atoms with Gasteiger partial charge in [-0.15, -0.1) is 0 Å². The molecule has 0 aliphatic carbocycles. The van der Waals surface area contributed by atoms with E-state index in [4.69, 9.17) is 9.84 Å². The number of fused-ring (bicyclic) bond motifs is 1. The number of nitrogens with zero attached hydrogens (tertiary/aromatic N) is 5. The number of carbonyl (C=O) groups excluding carboxylic acids is 1. The largest absolute Gasteiger partial charge is 0.373 e. The van der Waals surface area contributed by atoms with E-state index in [9.17, 15) is 4.79 Å². The first-order valence-electron chi connectivity index (χ1n) is 12.2. The second kappa shape index (κ2) is 9.93. The molecular formula is C26H32N6O2. The molecular weight excluding hydrogens is 428 g/mol. The van der Waals surface area contributed by atoms with Crippen LogP contribution in [0.4, 0.5) is 5.95 Å². The molecule has 5 rings (SSSR count). The van der Waals surface area contributed by atoms with Crippen LogP contribution in [0.1, 0.15) is 48.3 Å². The summed E-state index contributed by atoms with van der Waals surface area (Å²) < 4.78 is 7.68. The molecule has 0 saturated carbocycles. The quantitative estimate of drug-likeness (QED) is 0.603. The molecule has 1 saturated heterocycles. The molecule has 2 aromatic heterocycles. The van der Waals surface area contributed by atoms with Crippen LogP contribution in [0.15, 0.2) is 42.7 Å². The van der Waals surface area contributed by atoms with E-state index in [0.717, 1.165) is 48.3 Å². The smallest absolute Gasteiger partial charge is 0.258 e. The van der Waals surface area contributed by atoms with Gasteiger partial charge in [0.05, 0.1) is 37.1 Å². The van der Waals surface area contributed by atoms with Gasteiger partial charge in [0.15, 0.2) is 0 Å². The lowest BCUT2D eigenvalue weighted by Crippen LogP contribution is -2.51. The maximum absolute atomic E-state index is 14.1. The molecule has 0 bridgehead atoms. The number of ether oxygens (including phenoxy) is 1. The molecule has 34 heavy (non-hydrogen) atoms. The lowest BCUT2D eigenvalue weighted by Gasteiger charge is -2.40. The Bertz CT molecular complexity index is 1130. The van der Waals surface area contributed by atoms with Gasteiger partial charge in [-0.05, 0) is 30.7 Å². The number of hydrogen-bond acceptors (Lipinski definition) is 6. The summed E-state index contributed by atoms with van der Waals surface area (Å²) in [5.41, 5.74) is 4.36. The fourth-order valence-corrected chi connectivity index (χ4v) is 4.95. The van der Waals surface area contributed by atoms with Crippen molar-refractivity contribution in [3.63, 3.8) is 0 Å². The Kier molecular flexibility index (Phi) is 6.58. The van der Waals surface area contributed by atoms with Gasteiger partial charge in [0, 0.05) is 31.0 Å².